The molecular formula is C13H20N4. The topological polar surface area (TPSA) is 55.0 Å². The van der Waals surface area contributed by atoms with Crippen LogP contribution in [0.2, 0.25) is 0 Å². The second-order valence-corrected chi connectivity index (χ2v) is 5.18. The van der Waals surface area contributed by atoms with Gasteiger partial charge in [0.05, 0.1) is 5.69 Å². The van der Waals surface area contributed by atoms with Crippen LogP contribution >= 0.6 is 0 Å². The summed E-state index contributed by atoms with van der Waals surface area (Å²) in [6.45, 7) is 2.22. The van der Waals surface area contributed by atoms with Crippen molar-refractivity contribution in [2.24, 2.45) is 0 Å². The zero-order valence-corrected chi connectivity index (χ0v) is 10.2. The molecule has 0 unspecified atom stereocenters. The van der Waals surface area contributed by atoms with E-state index in [2.05, 4.69) is 20.9 Å². The molecule has 1 aliphatic heterocycles. The maximum Gasteiger partial charge on any atom is 0.222 e. The first-order valence-corrected chi connectivity index (χ1v) is 6.72. The van der Waals surface area contributed by atoms with E-state index in [4.69, 9.17) is 5.73 Å². The summed E-state index contributed by atoms with van der Waals surface area (Å²) in [6.07, 6.45) is 7.73. The third kappa shape index (κ3) is 2.51. The Morgan fingerprint density at radius 3 is 2.41 bits per heavy atom. The molecular weight excluding hydrogens is 212 g/mol. The fourth-order valence-electron chi connectivity index (χ4n) is 2.52. The van der Waals surface area contributed by atoms with Crippen molar-refractivity contribution in [3.05, 3.63) is 11.8 Å². The number of aromatic nitrogens is 2. The van der Waals surface area contributed by atoms with Gasteiger partial charge in [0.1, 0.15) is 5.82 Å². The molecule has 2 N–H and O–H groups in total. The van der Waals surface area contributed by atoms with Crippen molar-refractivity contribution in [1.82, 2.24) is 9.97 Å². The zero-order valence-electron chi connectivity index (χ0n) is 10.2. The summed E-state index contributed by atoms with van der Waals surface area (Å²) in [7, 11) is 0. The average molecular weight is 232 g/mol. The molecule has 0 atom stereocenters. The highest BCUT2D eigenvalue weighted by atomic mass is 15.2. The van der Waals surface area contributed by atoms with Crippen LogP contribution in [0.3, 0.4) is 0 Å². The molecule has 2 aliphatic rings. The molecule has 1 saturated carbocycles. The molecule has 2 heterocycles. The highest BCUT2D eigenvalue weighted by Crippen LogP contribution is 2.40. The van der Waals surface area contributed by atoms with Crippen molar-refractivity contribution >= 4 is 11.8 Å². The van der Waals surface area contributed by atoms with Gasteiger partial charge < -0.3 is 10.6 Å². The lowest BCUT2D eigenvalue weighted by Gasteiger charge is -2.21. The van der Waals surface area contributed by atoms with Gasteiger partial charge in [-0.2, -0.15) is 4.98 Å². The Morgan fingerprint density at radius 2 is 1.76 bits per heavy atom. The van der Waals surface area contributed by atoms with Crippen molar-refractivity contribution in [3.63, 3.8) is 0 Å². The SMILES string of the molecule is Nc1nc(C2CC2)cc(N2CCCCCC2)n1. The number of anilines is 2. The molecule has 1 aromatic heterocycles. The third-order valence-electron chi connectivity index (χ3n) is 3.68. The van der Waals surface area contributed by atoms with Crippen LogP contribution in [0.4, 0.5) is 11.8 Å². The predicted molar refractivity (Wildman–Crippen MR) is 69.1 cm³/mol. The molecule has 0 amide bonds. The van der Waals surface area contributed by atoms with Gasteiger partial charge in [-0.3, -0.25) is 0 Å². The van der Waals surface area contributed by atoms with Gasteiger partial charge in [0.25, 0.3) is 0 Å². The molecule has 17 heavy (non-hydrogen) atoms. The molecule has 3 rings (SSSR count). The van der Waals surface area contributed by atoms with Crippen molar-refractivity contribution < 1.29 is 0 Å². The van der Waals surface area contributed by atoms with Gasteiger partial charge in [-0.15, -0.1) is 0 Å². The highest BCUT2D eigenvalue weighted by molar-refractivity contribution is 5.45. The van der Waals surface area contributed by atoms with E-state index in [1.54, 1.807) is 0 Å². The minimum absolute atomic E-state index is 0.439. The maximum atomic E-state index is 5.82. The summed E-state index contributed by atoms with van der Waals surface area (Å²) in [5.74, 6) is 2.13. The summed E-state index contributed by atoms with van der Waals surface area (Å²) in [6, 6.07) is 2.15. The lowest BCUT2D eigenvalue weighted by atomic mass is 10.2. The molecule has 2 fully saturated rings. The van der Waals surface area contributed by atoms with Gasteiger partial charge in [0.15, 0.2) is 0 Å². The van der Waals surface area contributed by atoms with Crippen LogP contribution in [0.5, 0.6) is 0 Å². The van der Waals surface area contributed by atoms with Gasteiger partial charge >= 0.3 is 0 Å². The van der Waals surface area contributed by atoms with Crippen molar-refractivity contribution in [3.8, 4) is 0 Å². The van der Waals surface area contributed by atoms with Crippen LogP contribution in [0.25, 0.3) is 0 Å². The van der Waals surface area contributed by atoms with E-state index in [0.717, 1.165) is 24.6 Å². The predicted octanol–water partition coefficient (Wildman–Crippen LogP) is 2.32. The van der Waals surface area contributed by atoms with Gasteiger partial charge in [0.2, 0.25) is 5.95 Å². The summed E-state index contributed by atoms with van der Waals surface area (Å²) < 4.78 is 0. The lowest BCUT2D eigenvalue weighted by Crippen LogP contribution is -2.25. The molecule has 1 aliphatic carbocycles. The van der Waals surface area contributed by atoms with Gasteiger partial charge in [-0.1, -0.05) is 12.8 Å². The third-order valence-corrected chi connectivity index (χ3v) is 3.68. The minimum Gasteiger partial charge on any atom is -0.368 e. The van der Waals surface area contributed by atoms with Crippen LogP contribution < -0.4 is 10.6 Å². The van der Waals surface area contributed by atoms with Gasteiger partial charge in [-0.25, -0.2) is 4.98 Å². The van der Waals surface area contributed by atoms with Gasteiger partial charge in [-0.05, 0) is 25.7 Å². The van der Waals surface area contributed by atoms with Crippen molar-refractivity contribution in [2.75, 3.05) is 23.7 Å². The quantitative estimate of drug-likeness (QED) is 0.850. The summed E-state index contributed by atoms with van der Waals surface area (Å²) >= 11 is 0. The molecule has 92 valence electrons. The van der Waals surface area contributed by atoms with Crippen LogP contribution in [-0.4, -0.2) is 23.1 Å². The second-order valence-electron chi connectivity index (χ2n) is 5.18. The van der Waals surface area contributed by atoms with E-state index in [1.165, 1.54) is 38.5 Å². The largest absolute Gasteiger partial charge is 0.368 e. The molecule has 1 saturated heterocycles. The summed E-state index contributed by atoms with van der Waals surface area (Å²) in [5, 5.41) is 0. The van der Waals surface area contributed by atoms with Crippen LogP contribution in [0.15, 0.2) is 6.07 Å². The first kappa shape index (κ1) is 10.8. The standard InChI is InChI=1S/C13H20N4/c14-13-15-11(10-5-6-10)9-12(16-13)17-7-3-1-2-4-8-17/h9-10H,1-8H2,(H2,14,15,16). The number of nitrogens with two attached hydrogens (primary N) is 1. The number of hydrogen-bond acceptors (Lipinski definition) is 4. The molecule has 0 radical (unpaired) electrons. The summed E-state index contributed by atoms with van der Waals surface area (Å²) in [5.41, 5.74) is 6.97. The molecule has 0 aromatic carbocycles. The highest BCUT2D eigenvalue weighted by Gasteiger charge is 2.26. The minimum atomic E-state index is 0.439. The summed E-state index contributed by atoms with van der Waals surface area (Å²) in [4.78, 5) is 11.1. The van der Waals surface area contributed by atoms with Crippen molar-refractivity contribution in [1.29, 1.82) is 0 Å². The second kappa shape index (κ2) is 4.51. The van der Waals surface area contributed by atoms with Crippen molar-refractivity contribution in [2.45, 2.75) is 44.4 Å². The first-order valence-electron chi connectivity index (χ1n) is 6.72. The Morgan fingerprint density at radius 1 is 1.06 bits per heavy atom. The Kier molecular flexibility index (Phi) is 2.87. The molecule has 4 heteroatoms. The Bertz CT molecular complexity index is 392. The van der Waals surface area contributed by atoms with Crippen LogP contribution in [0, 0.1) is 0 Å². The molecule has 0 bridgehead atoms. The number of rotatable bonds is 2. The van der Waals surface area contributed by atoms with E-state index in [1.807, 2.05) is 0 Å². The zero-order chi connectivity index (χ0) is 11.7. The van der Waals surface area contributed by atoms with Crippen LogP contribution in [-0.2, 0) is 0 Å². The smallest absolute Gasteiger partial charge is 0.222 e. The van der Waals surface area contributed by atoms with Gasteiger partial charge in [0, 0.05) is 25.1 Å². The number of nitrogen functional groups attached to an aromatic ring is 1. The molecule has 0 spiro atoms. The Labute approximate surface area is 102 Å². The average Bonchev–Trinajstić information content (AvgIpc) is 3.16. The molecule has 1 aromatic rings. The monoisotopic (exact) mass is 232 g/mol. The fourth-order valence-corrected chi connectivity index (χ4v) is 2.52. The normalized spacial score (nSPS) is 21.3. The Hall–Kier alpha value is -1.32. The first-order chi connectivity index (χ1) is 8.33. The maximum absolute atomic E-state index is 5.82. The number of nitrogens with zero attached hydrogens (tertiary/aromatic N) is 3. The van der Waals surface area contributed by atoms with Crippen LogP contribution in [0.1, 0.15) is 50.1 Å². The van der Waals surface area contributed by atoms with E-state index in [9.17, 15) is 0 Å². The van der Waals surface area contributed by atoms with E-state index in [0.29, 0.717) is 11.9 Å². The lowest BCUT2D eigenvalue weighted by molar-refractivity contribution is 0.726. The molecule has 4 nitrogen and oxygen atoms in total. The van der Waals surface area contributed by atoms with E-state index >= 15 is 0 Å². The van der Waals surface area contributed by atoms with E-state index in [-0.39, 0.29) is 0 Å². The Balaban J connectivity index is 1.84. The van der Waals surface area contributed by atoms with E-state index < -0.39 is 0 Å². The number of hydrogen-bond donors (Lipinski definition) is 1. The fraction of sp³-hybridized carbons (Fsp3) is 0.692.